The summed E-state index contributed by atoms with van der Waals surface area (Å²) in [6.07, 6.45) is 1.34. The number of furan rings is 1. The van der Waals surface area contributed by atoms with Gasteiger partial charge in [0.25, 0.3) is 21.9 Å². The molecule has 2 aromatic rings. The standard InChI is InChI=1S/C17H17N7O9S3.2Na.2H/c1-32-20-10(9-3-2-4-33-9)13(25)18-11-14(26)24-12(16(27)28)8(5-34-15(11)24)6-35-17-19-21-22-23(17)7-36(29,30)31;;;;/h2-4,11,15H,5-7H2,1H3,(H,18,25)(H,27,28)(H,29,30,31);;;;/q;2*+1;2*-1/b20-10+;;;;/t11-,15-;;;;/m1..../s1. The Morgan fingerprint density at radius 1 is 1.42 bits per heavy atom. The predicted molar refractivity (Wildman–Crippen MR) is 124 cm³/mol. The van der Waals surface area contributed by atoms with Crippen LogP contribution in [-0.4, -0.2) is 96.7 Å². The van der Waals surface area contributed by atoms with Crippen molar-refractivity contribution in [1.82, 2.24) is 30.4 Å². The molecule has 0 bridgehead atoms. The first-order valence-electron chi connectivity index (χ1n) is 9.80. The van der Waals surface area contributed by atoms with Gasteiger partial charge in [0.1, 0.15) is 24.2 Å². The number of amides is 2. The molecule has 0 saturated carbocycles. The van der Waals surface area contributed by atoms with Crippen LogP contribution in [0.5, 0.6) is 0 Å². The molecule has 0 spiro atoms. The fourth-order valence-corrected chi connectivity index (χ4v) is 6.32. The van der Waals surface area contributed by atoms with Gasteiger partial charge in [-0.3, -0.25) is 19.0 Å². The van der Waals surface area contributed by atoms with Crippen LogP contribution in [0.1, 0.15) is 8.61 Å². The van der Waals surface area contributed by atoms with Gasteiger partial charge < -0.3 is 22.5 Å². The molecule has 4 rings (SSSR count). The molecule has 1 saturated heterocycles. The van der Waals surface area contributed by atoms with E-state index in [1.54, 1.807) is 6.07 Å². The zero-order valence-corrected chi connectivity index (χ0v) is 26.6. The maximum Gasteiger partial charge on any atom is 1.00 e. The smallest absolute Gasteiger partial charge is 1.00 e. The summed E-state index contributed by atoms with van der Waals surface area (Å²) in [6, 6.07) is 2.03. The average molecular weight is 608 g/mol. The molecule has 2 aliphatic rings. The third-order valence-electron chi connectivity index (χ3n) is 4.85. The minimum absolute atomic E-state index is 0. The van der Waals surface area contributed by atoms with E-state index in [1.807, 2.05) is 0 Å². The summed E-state index contributed by atoms with van der Waals surface area (Å²) in [7, 11) is -3.16. The van der Waals surface area contributed by atoms with E-state index in [2.05, 4.69) is 30.8 Å². The number of rotatable bonds is 10. The van der Waals surface area contributed by atoms with Crippen molar-refractivity contribution in [2.45, 2.75) is 22.4 Å². The molecule has 1 fully saturated rings. The average Bonchev–Trinajstić information content (AvgIpc) is 3.50. The number of carboxylic acid groups (broad SMARTS) is 1. The Hall–Kier alpha value is -1.42. The number of tetrazole rings is 1. The second-order valence-corrected chi connectivity index (χ2v) is 10.6. The molecule has 0 radical (unpaired) electrons. The number of hydrogen-bond donors (Lipinski definition) is 3. The number of carbonyl (C=O) groups is 3. The van der Waals surface area contributed by atoms with Gasteiger partial charge in [-0.2, -0.15) is 8.42 Å². The second-order valence-electron chi connectivity index (χ2n) is 7.18. The quantitative estimate of drug-likeness (QED) is 0.0571. The molecule has 2 aliphatic heterocycles. The van der Waals surface area contributed by atoms with Crippen molar-refractivity contribution in [2.24, 2.45) is 5.16 Å². The van der Waals surface area contributed by atoms with Crippen LogP contribution >= 0.6 is 23.5 Å². The molecule has 2 aromatic heterocycles. The van der Waals surface area contributed by atoms with Gasteiger partial charge in [0.15, 0.2) is 11.6 Å². The number of fused-ring (bicyclic) bond motifs is 1. The van der Waals surface area contributed by atoms with Gasteiger partial charge in [-0.05, 0) is 28.1 Å². The van der Waals surface area contributed by atoms with E-state index in [4.69, 9.17) is 8.97 Å². The van der Waals surface area contributed by atoms with E-state index in [0.717, 1.165) is 21.3 Å². The topological polar surface area (TPSA) is 219 Å². The van der Waals surface area contributed by atoms with Crippen LogP contribution < -0.4 is 64.4 Å². The molecule has 2 amide bonds. The Morgan fingerprint density at radius 2 is 2.16 bits per heavy atom. The molecular formula is C17H19N7Na2O9S3. The van der Waals surface area contributed by atoms with Gasteiger partial charge in [0.2, 0.25) is 10.9 Å². The van der Waals surface area contributed by atoms with E-state index in [-0.39, 0.29) is 95.8 Å². The number of carbonyl (C=O) groups excluding carboxylic acids is 2. The van der Waals surface area contributed by atoms with Gasteiger partial charge in [0.05, 0.1) is 6.26 Å². The summed E-state index contributed by atoms with van der Waals surface area (Å²) < 4.78 is 37.3. The molecule has 196 valence electrons. The normalized spacial score (nSPS) is 19.1. The Bertz CT molecular complexity index is 1380. The maximum atomic E-state index is 12.9. The monoisotopic (exact) mass is 607 g/mol. The first kappa shape index (κ1) is 32.8. The first-order valence-corrected chi connectivity index (χ1v) is 13.4. The van der Waals surface area contributed by atoms with E-state index in [1.165, 1.54) is 31.2 Å². The van der Waals surface area contributed by atoms with Gasteiger partial charge in [-0.15, -0.1) is 16.9 Å². The minimum Gasteiger partial charge on any atom is -1.00 e. The van der Waals surface area contributed by atoms with Crippen LogP contribution in [0.4, 0.5) is 0 Å². The van der Waals surface area contributed by atoms with Gasteiger partial charge in [-0.25, -0.2) is 9.48 Å². The summed E-state index contributed by atoms with van der Waals surface area (Å²) in [5, 5.41) is 25.8. The summed E-state index contributed by atoms with van der Waals surface area (Å²) in [4.78, 5) is 43.4. The van der Waals surface area contributed by atoms with Crippen molar-refractivity contribution in [3.8, 4) is 0 Å². The van der Waals surface area contributed by atoms with Crippen molar-refractivity contribution in [3.63, 3.8) is 0 Å². The zero-order chi connectivity index (χ0) is 26.0. The summed E-state index contributed by atoms with van der Waals surface area (Å²) in [6.45, 7) is 0. The van der Waals surface area contributed by atoms with Crippen LogP contribution in [0.3, 0.4) is 0 Å². The van der Waals surface area contributed by atoms with Crippen LogP contribution in [0.15, 0.2) is 44.4 Å². The Balaban J connectivity index is 0.00000380. The molecule has 16 nitrogen and oxygen atoms in total. The number of nitrogens with one attached hydrogen (secondary N) is 1. The van der Waals surface area contributed by atoms with Gasteiger partial charge in [0, 0.05) is 11.5 Å². The van der Waals surface area contributed by atoms with E-state index >= 15 is 0 Å². The van der Waals surface area contributed by atoms with Crippen molar-refractivity contribution < 1.29 is 104 Å². The van der Waals surface area contributed by atoms with Crippen LogP contribution in [0.2, 0.25) is 0 Å². The number of β-lactam (4-membered cyclic amide) rings is 1. The van der Waals surface area contributed by atoms with Crippen molar-refractivity contribution in [3.05, 3.63) is 35.4 Å². The number of aromatic nitrogens is 4. The Kier molecular flexibility index (Phi) is 11.9. The first-order chi connectivity index (χ1) is 17.1. The Morgan fingerprint density at radius 3 is 2.76 bits per heavy atom. The zero-order valence-electron chi connectivity index (χ0n) is 22.2. The van der Waals surface area contributed by atoms with E-state index in [0.29, 0.717) is 5.57 Å². The minimum atomic E-state index is -4.40. The van der Waals surface area contributed by atoms with Crippen LogP contribution in [-0.2, 0) is 35.2 Å². The molecule has 0 aromatic carbocycles. The molecule has 4 heterocycles. The molecular weight excluding hydrogens is 588 g/mol. The summed E-state index contributed by atoms with van der Waals surface area (Å²) in [5.41, 5.74) is -0.0684. The SMILES string of the molecule is CO/N=C(/C(=O)N[C@@H]1C(=O)N2C(C(=O)O)=C(CSc3nnnn3CS(=O)(=O)O)CS[C@H]12)c1ccco1.[H-].[H-].[Na+].[Na+]. The summed E-state index contributed by atoms with van der Waals surface area (Å²) in [5.74, 6) is -3.24. The molecule has 3 N–H and O–H groups in total. The van der Waals surface area contributed by atoms with Crippen LogP contribution in [0, 0.1) is 0 Å². The number of oxime groups is 1. The van der Waals surface area contributed by atoms with Crippen molar-refractivity contribution in [2.75, 3.05) is 18.6 Å². The fraction of sp³-hybridized carbons (Fsp3) is 0.353. The van der Waals surface area contributed by atoms with Crippen molar-refractivity contribution >= 4 is 57.1 Å². The summed E-state index contributed by atoms with van der Waals surface area (Å²) >= 11 is 2.18. The molecule has 2 atom stereocenters. The predicted octanol–water partition coefficient (Wildman–Crippen LogP) is -6.77. The van der Waals surface area contributed by atoms with E-state index < -0.39 is 45.2 Å². The maximum absolute atomic E-state index is 12.9. The second kappa shape index (κ2) is 13.8. The number of aliphatic carboxylic acids is 1. The number of thioether (sulfide) groups is 2. The molecule has 0 unspecified atom stereocenters. The fourth-order valence-electron chi connectivity index (χ4n) is 3.39. The van der Waals surface area contributed by atoms with Gasteiger partial charge >= 0.3 is 65.1 Å². The van der Waals surface area contributed by atoms with E-state index in [9.17, 15) is 27.9 Å². The third-order valence-corrected chi connectivity index (χ3v) is 7.80. The number of nitrogens with zero attached hydrogens (tertiary/aromatic N) is 6. The Labute approximate surface area is 270 Å². The third kappa shape index (κ3) is 7.20. The van der Waals surface area contributed by atoms with Crippen molar-refractivity contribution in [1.29, 1.82) is 0 Å². The van der Waals surface area contributed by atoms with Crippen LogP contribution in [0.25, 0.3) is 0 Å². The molecule has 0 aliphatic carbocycles. The molecule has 21 heteroatoms. The number of carboxylic acids is 1. The number of hydrogen-bond acceptors (Lipinski definition) is 13. The largest absolute Gasteiger partial charge is 1.00 e. The molecule has 38 heavy (non-hydrogen) atoms. The van der Waals surface area contributed by atoms with Gasteiger partial charge in [-0.1, -0.05) is 16.9 Å².